The number of amides is 1. The Hall–Kier alpha value is -2.44. The molecule has 378 valence electrons. The van der Waals surface area contributed by atoms with Crippen molar-refractivity contribution in [3.63, 3.8) is 0 Å². The van der Waals surface area contributed by atoms with Gasteiger partial charge in [0.1, 0.15) is 6.10 Å². The molecule has 0 aliphatic heterocycles. The molecule has 0 aromatic rings. The van der Waals surface area contributed by atoms with Gasteiger partial charge in [0.2, 0.25) is 5.91 Å². The summed E-state index contributed by atoms with van der Waals surface area (Å²) in [6, 6.07) is -0.719. The summed E-state index contributed by atoms with van der Waals surface area (Å²) in [5.41, 5.74) is 0. The molecule has 6 heteroatoms. The molecular formula is C59H107NO5. The highest BCUT2D eigenvalue weighted by atomic mass is 16.5. The highest BCUT2D eigenvalue weighted by molar-refractivity contribution is 5.77. The minimum absolute atomic E-state index is 0.0399. The lowest BCUT2D eigenvalue weighted by Gasteiger charge is -2.24. The summed E-state index contributed by atoms with van der Waals surface area (Å²) in [6.07, 6.45) is 65.8. The number of hydrogen-bond acceptors (Lipinski definition) is 5. The first-order valence-corrected chi connectivity index (χ1v) is 28.0. The van der Waals surface area contributed by atoms with Crippen molar-refractivity contribution in [2.24, 2.45) is 0 Å². The highest BCUT2D eigenvalue weighted by Gasteiger charge is 2.24. The molecule has 3 atom stereocenters. The van der Waals surface area contributed by atoms with E-state index in [1.165, 1.54) is 148 Å². The van der Waals surface area contributed by atoms with Gasteiger partial charge in [-0.05, 0) is 64.2 Å². The summed E-state index contributed by atoms with van der Waals surface area (Å²) < 4.78 is 5.93. The normalized spacial score (nSPS) is 13.6. The number of rotatable bonds is 50. The van der Waals surface area contributed by atoms with Crippen molar-refractivity contribution in [1.82, 2.24) is 5.32 Å². The fourth-order valence-corrected chi connectivity index (χ4v) is 8.41. The first-order chi connectivity index (χ1) is 32.0. The average Bonchev–Trinajstić information content (AvgIpc) is 3.30. The van der Waals surface area contributed by atoms with E-state index >= 15 is 0 Å². The highest BCUT2D eigenvalue weighted by Crippen LogP contribution is 2.18. The third-order valence-electron chi connectivity index (χ3n) is 12.6. The van der Waals surface area contributed by atoms with Gasteiger partial charge in [-0.1, -0.05) is 261 Å². The van der Waals surface area contributed by atoms with Gasteiger partial charge in [0.15, 0.2) is 0 Å². The van der Waals surface area contributed by atoms with Crippen LogP contribution in [0, 0.1) is 0 Å². The van der Waals surface area contributed by atoms with E-state index in [4.69, 9.17) is 4.74 Å². The van der Waals surface area contributed by atoms with Crippen LogP contribution in [-0.4, -0.2) is 46.9 Å². The van der Waals surface area contributed by atoms with Gasteiger partial charge in [-0.2, -0.15) is 0 Å². The molecule has 0 aromatic carbocycles. The lowest BCUT2D eigenvalue weighted by molar-refractivity contribution is -0.151. The van der Waals surface area contributed by atoms with Gasteiger partial charge in [0.05, 0.1) is 25.2 Å². The molecular weight excluding hydrogens is 803 g/mol. The fourth-order valence-electron chi connectivity index (χ4n) is 8.41. The van der Waals surface area contributed by atoms with Crippen LogP contribution >= 0.6 is 0 Å². The first-order valence-electron chi connectivity index (χ1n) is 28.0. The summed E-state index contributed by atoms with van der Waals surface area (Å²) in [4.78, 5) is 26.2. The van der Waals surface area contributed by atoms with E-state index in [1.54, 1.807) is 0 Å². The SMILES string of the molecule is CC/C=C\C/C=C\C/C=C\C/C=C\C/C=C\CCCC(CC(=O)NC(CO)C(O)CCCCCCCCCCCCC)OC(=O)CCCCCCCCCCCCCCCCCCCC. The van der Waals surface area contributed by atoms with Gasteiger partial charge >= 0.3 is 5.97 Å². The number of aliphatic hydroxyl groups is 2. The summed E-state index contributed by atoms with van der Waals surface area (Å²) in [7, 11) is 0. The maximum absolute atomic E-state index is 13.2. The van der Waals surface area contributed by atoms with Crippen LogP contribution in [0.15, 0.2) is 60.8 Å². The fraction of sp³-hybridized carbons (Fsp3) is 0.797. The van der Waals surface area contributed by atoms with E-state index in [2.05, 4.69) is 86.8 Å². The maximum atomic E-state index is 13.2. The zero-order valence-electron chi connectivity index (χ0n) is 43.1. The van der Waals surface area contributed by atoms with Crippen LogP contribution in [0.5, 0.6) is 0 Å². The standard InChI is InChI=1S/C59H107NO5/c1-4-7-10-13-16-19-22-24-26-28-30-32-34-37-40-43-46-49-52-59(64)65-55(50-47-44-41-38-36-33-31-29-27-25-23-20-17-14-11-8-5-2)53-58(63)60-56(54-61)57(62)51-48-45-42-39-35-21-18-15-12-9-6-3/h8,11,17,20,25,27,31,33,38,41,55-57,61-62H,4-7,9-10,12-16,18-19,21-24,26,28-30,32,34-37,39-40,42-54H2,1-3H3,(H,60,63)/b11-8-,20-17-,27-25-,33-31-,41-38-. The van der Waals surface area contributed by atoms with E-state index < -0.39 is 18.2 Å². The molecule has 65 heavy (non-hydrogen) atoms. The predicted molar refractivity (Wildman–Crippen MR) is 282 cm³/mol. The molecule has 6 nitrogen and oxygen atoms in total. The molecule has 0 rings (SSSR count). The summed E-state index contributed by atoms with van der Waals surface area (Å²) in [6.45, 7) is 6.37. The molecule has 0 heterocycles. The van der Waals surface area contributed by atoms with E-state index in [1.807, 2.05) is 0 Å². The second-order valence-electron chi connectivity index (χ2n) is 19.0. The third kappa shape index (κ3) is 47.8. The van der Waals surface area contributed by atoms with E-state index in [9.17, 15) is 19.8 Å². The van der Waals surface area contributed by atoms with E-state index in [0.29, 0.717) is 19.3 Å². The molecule has 0 saturated carbocycles. The first kappa shape index (κ1) is 62.6. The largest absolute Gasteiger partial charge is 0.462 e. The number of aliphatic hydroxyl groups excluding tert-OH is 2. The quantitative estimate of drug-likeness (QED) is 0.0321. The number of carbonyl (C=O) groups is 2. The summed E-state index contributed by atoms with van der Waals surface area (Å²) >= 11 is 0. The Morgan fingerprint density at radius 1 is 0.462 bits per heavy atom. The molecule has 0 aliphatic rings. The number of nitrogens with one attached hydrogen (secondary N) is 1. The van der Waals surface area contributed by atoms with Crippen molar-refractivity contribution in [3.8, 4) is 0 Å². The van der Waals surface area contributed by atoms with Gasteiger partial charge in [-0.15, -0.1) is 0 Å². The second-order valence-corrected chi connectivity index (χ2v) is 19.0. The minimum atomic E-state index is -0.802. The monoisotopic (exact) mass is 910 g/mol. The number of esters is 1. The van der Waals surface area contributed by atoms with Gasteiger partial charge in [0, 0.05) is 6.42 Å². The van der Waals surface area contributed by atoms with Crippen molar-refractivity contribution in [1.29, 1.82) is 0 Å². The summed E-state index contributed by atoms with van der Waals surface area (Å²) in [5, 5.41) is 23.8. The lowest BCUT2D eigenvalue weighted by Crippen LogP contribution is -2.46. The number of ether oxygens (including phenoxy) is 1. The molecule has 0 aliphatic carbocycles. The number of allylic oxidation sites excluding steroid dienone is 10. The lowest BCUT2D eigenvalue weighted by atomic mass is 10.0. The molecule has 0 radical (unpaired) electrons. The molecule has 3 unspecified atom stereocenters. The van der Waals surface area contributed by atoms with Gasteiger partial charge in [-0.25, -0.2) is 0 Å². The Balaban J connectivity index is 4.63. The maximum Gasteiger partial charge on any atom is 0.306 e. The van der Waals surface area contributed by atoms with Gasteiger partial charge < -0.3 is 20.3 Å². The molecule has 3 N–H and O–H groups in total. The Morgan fingerprint density at radius 3 is 1.23 bits per heavy atom. The second kappa shape index (κ2) is 52.5. The van der Waals surface area contributed by atoms with Crippen LogP contribution in [0.2, 0.25) is 0 Å². The topological polar surface area (TPSA) is 95.9 Å². The van der Waals surface area contributed by atoms with Crippen LogP contribution in [0.1, 0.15) is 278 Å². The van der Waals surface area contributed by atoms with Gasteiger partial charge in [0.25, 0.3) is 0 Å². The Labute approximate surface area is 403 Å². The van der Waals surface area contributed by atoms with Crippen molar-refractivity contribution >= 4 is 11.9 Å². The number of hydrogen-bond donors (Lipinski definition) is 3. The Kier molecular flexibility index (Phi) is 50.6. The van der Waals surface area contributed by atoms with Crippen molar-refractivity contribution in [3.05, 3.63) is 60.8 Å². The third-order valence-corrected chi connectivity index (χ3v) is 12.6. The van der Waals surface area contributed by atoms with Crippen LogP contribution in [-0.2, 0) is 14.3 Å². The summed E-state index contributed by atoms with van der Waals surface area (Å²) in [5.74, 6) is -0.521. The average molecular weight is 911 g/mol. The van der Waals surface area contributed by atoms with Crippen LogP contribution < -0.4 is 5.32 Å². The van der Waals surface area contributed by atoms with E-state index in [0.717, 1.165) is 83.5 Å². The molecule has 0 bridgehead atoms. The van der Waals surface area contributed by atoms with Gasteiger partial charge in [-0.3, -0.25) is 9.59 Å². The minimum Gasteiger partial charge on any atom is -0.462 e. The number of carbonyl (C=O) groups excluding carboxylic acids is 2. The molecule has 0 saturated heterocycles. The van der Waals surface area contributed by atoms with Crippen LogP contribution in [0.4, 0.5) is 0 Å². The number of unbranched alkanes of at least 4 members (excludes halogenated alkanes) is 28. The van der Waals surface area contributed by atoms with E-state index in [-0.39, 0.29) is 24.9 Å². The predicted octanol–water partition coefficient (Wildman–Crippen LogP) is 17.2. The molecule has 0 spiro atoms. The van der Waals surface area contributed by atoms with Crippen molar-refractivity contribution in [2.45, 2.75) is 296 Å². The van der Waals surface area contributed by atoms with Crippen molar-refractivity contribution < 1.29 is 24.5 Å². The molecule has 0 fully saturated rings. The zero-order valence-corrected chi connectivity index (χ0v) is 43.1. The molecule has 1 amide bonds. The zero-order chi connectivity index (χ0) is 47.4. The smallest absolute Gasteiger partial charge is 0.306 e. The molecule has 0 aromatic heterocycles. The van der Waals surface area contributed by atoms with Crippen molar-refractivity contribution in [2.75, 3.05) is 6.61 Å². The van der Waals surface area contributed by atoms with Crippen LogP contribution in [0.25, 0.3) is 0 Å². The Bertz CT molecular complexity index is 1160. The van der Waals surface area contributed by atoms with Crippen LogP contribution in [0.3, 0.4) is 0 Å². The Morgan fingerprint density at radius 2 is 0.831 bits per heavy atom.